The van der Waals surface area contributed by atoms with Gasteiger partial charge in [-0.1, -0.05) is 0 Å². The standard InChI is InChI=1S/C24H28N4O6/c1-24(2,3)34-13-10-31-9-12-33-22-14-19(18(16-25)17-26)21(32-11-8-30-7-6-29)15-20(22)23(27-4)28-5/h14-15,29H,6-13H2,1-3H3. The van der Waals surface area contributed by atoms with Gasteiger partial charge in [0, 0.05) is 5.22 Å². The molecule has 0 aliphatic rings. The lowest BCUT2D eigenvalue weighted by Gasteiger charge is -2.19. The zero-order valence-corrected chi connectivity index (χ0v) is 19.6. The number of benzene rings is 1. The second-order valence-electron chi connectivity index (χ2n) is 7.60. The van der Waals surface area contributed by atoms with Crippen LogP contribution in [0.1, 0.15) is 20.8 Å². The van der Waals surface area contributed by atoms with Crippen LogP contribution in [0.15, 0.2) is 12.1 Å². The van der Waals surface area contributed by atoms with Crippen molar-refractivity contribution in [3.63, 3.8) is 0 Å². The molecule has 0 saturated heterocycles. The first-order valence-corrected chi connectivity index (χ1v) is 10.4. The van der Waals surface area contributed by atoms with E-state index in [9.17, 15) is 10.5 Å². The van der Waals surface area contributed by atoms with Gasteiger partial charge in [0.1, 0.15) is 60.8 Å². The molecule has 1 rings (SSSR count). The van der Waals surface area contributed by atoms with Gasteiger partial charge in [-0.15, -0.1) is 0 Å². The normalized spacial score (nSPS) is 10.4. The Hall–Kier alpha value is -3.64. The van der Waals surface area contributed by atoms with Crippen LogP contribution in [0.2, 0.25) is 0 Å². The third-order valence-electron chi connectivity index (χ3n) is 4.00. The average Bonchev–Trinajstić information content (AvgIpc) is 2.80. The molecule has 0 heterocycles. The summed E-state index contributed by atoms with van der Waals surface area (Å²) in [5.74, 6) is 0.0322. The lowest BCUT2D eigenvalue weighted by atomic mass is 10.1. The smallest absolute Gasteiger partial charge is 0.492 e. The highest BCUT2D eigenvalue weighted by atomic mass is 16.6. The Kier molecular flexibility index (Phi) is 12.7. The molecule has 0 amide bonds. The summed E-state index contributed by atoms with van der Waals surface area (Å²) in [6.07, 6.45) is 0. The van der Waals surface area contributed by atoms with Gasteiger partial charge in [0.05, 0.1) is 45.2 Å². The van der Waals surface area contributed by atoms with Crippen molar-refractivity contribution in [2.75, 3.05) is 52.9 Å². The highest BCUT2D eigenvalue weighted by molar-refractivity contribution is 5.75. The van der Waals surface area contributed by atoms with Crippen LogP contribution in [0.25, 0.3) is 21.1 Å². The van der Waals surface area contributed by atoms with Gasteiger partial charge in [-0.3, -0.25) is 0 Å². The largest absolute Gasteiger partial charge is 0.530 e. The lowest BCUT2D eigenvalue weighted by Crippen LogP contribution is -2.23. The summed E-state index contributed by atoms with van der Waals surface area (Å²) in [4.78, 5) is 6.49. The lowest BCUT2D eigenvalue weighted by molar-refractivity contribution is -0.0376. The molecule has 1 aromatic carbocycles. The molecule has 10 nitrogen and oxygen atoms in total. The highest BCUT2D eigenvalue weighted by Gasteiger charge is 2.16. The van der Waals surface area contributed by atoms with E-state index >= 15 is 0 Å². The van der Waals surface area contributed by atoms with E-state index in [1.54, 1.807) is 0 Å². The van der Waals surface area contributed by atoms with Gasteiger partial charge in [-0.25, -0.2) is 0 Å². The predicted molar refractivity (Wildman–Crippen MR) is 122 cm³/mol. The fraction of sp³-hybridized carbons (Fsp3) is 0.500. The molecule has 0 spiro atoms. The molecule has 34 heavy (non-hydrogen) atoms. The molecule has 180 valence electrons. The van der Waals surface area contributed by atoms with Gasteiger partial charge in [0.25, 0.3) is 0 Å². The Bertz CT molecular complexity index is 1070. The molecule has 0 aliphatic heterocycles. The van der Waals surface area contributed by atoms with Crippen LogP contribution in [0, 0.1) is 35.8 Å². The minimum absolute atomic E-state index is 0.0621. The average molecular weight is 469 g/mol. The SMILES string of the molecule is [C-]#[N+]C([N+]#[C-])=c1cc(OCCOCCO)c(=C(C#N)C#N)cc1OCCOCCOC(C)(C)C. The second kappa shape index (κ2) is 15.2. The Morgan fingerprint density at radius 1 is 0.853 bits per heavy atom. The quantitative estimate of drug-likeness (QED) is 0.340. The minimum Gasteiger partial charge on any atom is -0.492 e. The highest BCUT2D eigenvalue weighted by Crippen LogP contribution is 2.13. The zero-order valence-electron chi connectivity index (χ0n) is 19.6. The van der Waals surface area contributed by atoms with Gasteiger partial charge in [-0.2, -0.15) is 20.2 Å². The van der Waals surface area contributed by atoms with Crippen LogP contribution < -0.4 is 19.9 Å². The molecule has 1 N–H and O–H groups in total. The van der Waals surface area contributed by atoms with Crippen LogP contribution in [-0.4, -0.2) is 63.6 Å². The molecule has 1 aromatic rings. The van der Waals surface area contributed by atoms with Crippen molar-refractivity contribution in [1.82, 2.24) is 0 Å². The van der Waals surface area contributed by atoms with E-state index < -0.39 is 0 Å². The van der Waals surface area contributed by atoms with E-state index in [1.165, 1.54) is 12.1 Å². The Morgan fingerprint density at radius 3 is 1.85 bits per heavy atom. The molecular formula is C24H28N4O6. The van der Waals surface area contributed by atoms with Crippen LogP contribution >= 0.6 is 0 Å². The summed E-state index contributed by atoms with van der Waals surface area (Å²) >= 11 is 0. The van der Waals surface area contributed by atoms with E-state index in [4.69, 9.17) is 41.9 Å². The van der Waals surface area contributed by atoms with Crippen LogP contribution in [0.4, 0.5) is 0 Å². The fourth-order valence-electron chi connectivity index (χ4n) is 2.56. The number of aliphatic hydroxyl groups is 1. The predicted octanol–water partition coefficient (Wildman–Crippen LogP) is 1.39. The summed E-state index contributed by atoms with van der Waals surface area (Å²) in [5, 5.41) is 27.9. The molecule has 0 bridgehead atoms. The van der Waals surface area contributed by atoms with Gasteiger partial charge in [-0.05, 0) is 32.9 Å². The number of aliphatic hydroxyl groups excluding tert-OH is 1. The number of rotatable bonds is 13. The number of hydrogen-bond donors (Lipinski definition) is 1. The molecule has 10 heteroatoms. The molecule has 0 radical (unpaired) electrons. The maximum absolute atomic E-state index is 9.37. The van der Waals surface area contributed by atoms with Crippen molar-refractivity contribution in [2.45, 2.75) is 26.4 Å². The van der Waals surface area contributed by atoms with E-state index in [1.807, 2.05) is 32.9 Å². The summed E-state index contributed by atoms with van der Waals surface area (Å²) < 4.78 is 27.6. The van der Waals surface area contributed by atoms with Crippen molar-refractivity contribution in [3.05, 3.63) is 45.4 Å². The first-order chi connectivity index (χ1) is 16.3. The molecule has 0 aliphatic carbocycles. The van der Waals surface area contributed by atoms with Crippen molar-refractivity contribution < 1.29 is 28.8 Å². The zero-order chi connectivity index (χ0) is 25.4. The molecular weight excluding hydrogens is 440 g/mol. The first-order valence-electron chi connectivity index (χ1n) is 10.4. The third kappa shape index (κ3) is 9.88. The maximum atomic E-state index is 9.37. The Balaban J connectivity index is 3.18. The second-order valence-corrected chi connectivity index (χ2v) is 7.60. The Labute approximate surface area is 199 Å². The van der Waals surface area contributed by atoms with E-state index in [2.05, 4.69) is 9.69 Å². The van der Waals surface area contributed by atoms with Gasteiger partial charge in [0.15, 0.2) is 0 Å². The topological polar surface area (TPSA) is 123 Å². The fourth-order valence-corrected chi connectivity index (χ4v) is 2.56. The molecule has 0 fully saturated rings. The summed E-state index contributed by atoms with van der Waals surface area (Å²) in [6, 6.07) is 6.43. The van der Waals surface area contributed by atoms with Crippen molar-refractivity contribution >= 4 is 11.4 Å². The maximum Gasteiger partial charge on any atom is 0.530 e. The van der Waals surface area contributed by atoms with Crippen LogP contribution in [-0.2, 0) is 14.2 Å². The number of nitriles is 2. The first kappa shape index (κ1) is 28.4. The number of ether oxygens (including phenoxy) is 5. The monoisotopic (exact) mass is 468 g/mol. The van der Waals surface area contributed by atoms with Crippen molar-refractivity contribution in [1.29, 1.82) is 10.5 Å². The van der Waals surface area contributed by atoms with E-state index in [0.717, 1.165) is 0 Å². The summed E-state index contributed by atoms with van der Waals surface area (Å²) in [5.41, 5.74) is -0.480. The number of nitrogens with zero attached hydrogens (tertiary/aromatic N) is 4. The van der Waals surface area contributed by atoms with Gasteiger partial charge < -0.3 is 28.8 Å². The Morgan fingerprint density at radius 2 is 1.35 bits per heavy atom. The molecule has 0 unspecified atom stereocenters. The van der Waals surface area contributed by atoms with Gasteiger partial charge in [0.2, 0.25) is 0 Å². The van der Waals surface area contributed by atoms with Crippen LogP contribution in [0.5, 0.6) is 11.5 Å². The van der Waals surface area contributed by atoms with Gasteiger partial charge >= 0.3 is 5.82 Å². The molecule has 0 atom stereocenters. The number of hydrogen-bond acceptors (Lipinski definition) is 8. The van der Waals surface area contributed by atoms with E-state index in [0.29, 0.717) is 13.2 Å². The van der Waals surface area contributed by atoms with E-state index in [-0.39, 0.29) is 78.6 Å². The van der Waals surface area contributed by atoms with Crippen LogP contribution in [0.3, 0.4) is 0 Å². The summed E-state index contributed by atoms with van der Waals surface area (Å²) in [7, 11) is 0. The van der Waals surface area contributed by atoms with Crippen molar-refractivity contribution in [3.8, 4) is 23.6 Å². The minimum atomic E-state index is -0.263. The third-order valence-corrected chi connectivity index (χ3v) is 4.00. The summed E-state index contributed by atoms with van der Waals surface area (Å²) in [6.45, 7) is 21.8. The molecule has 0 aromatic heterocycles. The van der Waals surface area contributed by atoms with Crippen molar-refractivity contribution in [2.24, 2.45) is 0 Å². The molecule has 0 saturated carbocycles.